The Morgan fingerprint density at radius 1 is 1.57 bits per heavy atom. The summed E-state index contributed by atoms with van der Waals surface area (Å²) in [4.78, 5) is 11.5. The molecular weight excluding hydrogens is 180 g/mol. The van der Waals surface area contributed by atoms with Gasteiger partial charge in [-0.05, 0) is 32.2 Å². The van der Waals surface area contributed by atoms with Crippen molar-refractivity contribution in [2.45, 2.75) is 31.7 Å². The van der Waals surface area contributed by atoms with E-state index in [1.54, 1.807) is 7.11 Å². The predicted octanol–water partition coefficient (Wildman–Crippen LogP) is 0.281. The van der Waals surface area contributed by atoms with Crippen LogP contribution in [0.2, 0.25) is 0 Å². The van der Waals surface area contributed by atoms with E-state index in [0.29, 0.717) is 0 Å². The lowest BCUT2D eigenvalue weighted by Crippen LogP contribution is -2.43. The van der Waals surface area contributed by atoms with Crippen LogP contribution in [0, 0.1) is 0 Å². The van der Waals surface area contributed by atoms with Crippen LogP contribution < -0.4 is 10.6 Å². The third-order valence-corrected chi connectivity index (χ3v) is 2.45. The van der Waals surface area contributed by atoms with E-state index >= 15 is 0 Å². The van der Waals surface area contributed by atoms with Crippen LogP contribution in [0.5, 0.6) is 0 Å². The van der Waals surface area contributed by atoms with Gasteiger partial charge in [0.05, 0.1) is 6.04 Å². The SMILES string of the molecule is COCCCNC1CCCCNC1=O. The molecule has 1 amide bonds. The van der Waals surface area contributed by atoms with Crippen LogP contribution in [0.4, 0.5) is 0 Å². The van der Waals surface area contributed by atoms with Gasteiger partial charge in [-0.25, -0.2) is 0 Å². The Kier molecular flexibility index (Phi) is 5.56. The van der Waals surface area contributed by atoms with Crippen LogP contribution in [0.1, 0.15) is 25.7 Å². The number of rotatable bonds is 5. The van der Waals surface area contributed by atoms with Gasteiger partial charge >= 0.3 is 0 Å². The minimum absolute atomic E-state index is 0.00866. The second-order valence-electron chi connectivity index (χ2n) is 3.64. The summed E-state index contributed by atoms with van der Waals surface area (Å²) in [6.07, 6.45) is 4.14. The largest absolute Gasteiger partial charge is 0.385 e. The molecule has 1 atom stereocenters. The van der Waals surface area contributed by atoms with Crippen LogP contribution >= 0.6 is 0 Å². The Labute approximate surface area is 85.4 Å². The van der Waals surface area contributed by atoms with Gasteiger partial charge in [0, 0.05) is 20.3 Å². The maximum absolute atomic E-state index is 11.5. The summed E-state index contributed by atoms with van der Waals surface area (Å²) >= 11 is 0. The molecule has 0 saturated carbocycles. The van der Waals surface area contributed by atoms with Gasteiger partial charge in [0.25, 0.3) is 0 Å². The van der Waals surface area contributed by atoms with E-state index in [0.717, 1.165) is 45.4 Å². The molecular formula is C10H20N2O2. The number of nitrogens with one attached hydrogen (secondary N) is 2. The van der Waals surface area contributed by atoms with Gasteiger partial charge < -0.3 is 15.4 Å². The van der Waals surface area contributed by atoms with Gasteiger partial charge in [-0.3, -0.25) is 4.79 Å². The molecule has 82 valence electrons. The maximum atomic E-state index is 11.5. The summed E-state index contributed by atoms with van der Waals surface area (Å²) in [6, 6.07) is 0.00866. The molecule has 14 heavy (non-hydrogen) atoms. The highest BCUT2D eigenvalue weighted by Crippen LogP contribution is 2.04. The van der Waals surface area contributed by atoms with E-state index in [9.17, 15) is 4.79 Å². The van der Waals surface area contributed by atoms with Crippen molar-refractivity contribution >= 4 is 5.91 Å². The number of carbonyl (C=O) groups is 1. The Morgan fingerprint density at radius 2 is 2.43 bits per heavy atom. The van der Waals surface area contributed by atoms with Gasteiger partial charge in [-0.1, -0.05) is 0 Å². The average molecular weight is 200 g/mol. The van der Waals surface area contributed by atoms with Crippen LogP contribution in [0.3, 0.4) is 0 Å². The maximum Gasteiger partial charge on any atom is 0.237 e. The standard InChI is InChI=1S/C10H20N2O2/c1-14-8-4-7-11-9-5-2-3-6-12-10(9)13/h9,11H,2-8H2,1H3,(H,12,13). The van der Waals surface area contributed by atoms with E-state index < -0.39 is 0 Å². The summed E-state index contributed by atoms with van der Waals surface area (Å²) in [5.74, 6) is 0.153. The normalized spacial score (nSPS) is 22.9. The summed E-state index contributed by atoms with van der Waals surface area (Å²) < 4.78 is 4.94. The number of hydrogen-bond acceptors (Lipinski definition) is 3. The Balaban J connectivity index is 2.16. The van der Waals surface area contributed by atoms with E-state index in [4.69, 9.17) is 4.74 Å². The molecule has 1 saturated heterocycles. The lowest BCUT2D eigenvalue weighted by Gasteiger charge is -2.14. The molecule has 0 aliphatic carbocycles. The zero-order valence-electron chi connectivity index (χ0n) is 8.84. The number of amides is 1. The Morgan fingerprint density at radius 3 is 3.21 bits per heavy atom. The van der Waals surface area contributed by atoms with Crippen molar-refractivity contribution in [2.24, 2.45) is 0 Å². The third kappa shape index (κ3) is 4.07. The first-order chi connectivity index (χ1) is 6.84. The molecule has 4 heteroatoms. The highest BCUT2D eigenvalue weighted by Gasteiger charge is 2.18. The number of ether oxygens (including phenoxy) is 1. The quantitative estimate of drug-likeness (QED) is 0.627. The highest BCUT2D eigenvalue weighted by molar-refractivity contribution is 5.81. The van der Waals surface area contributed by atoms with Gasteiger partial charge in [-0.2, -0.15) is 0 Å². The molecule has 0 aromatic heterocycles. The van der Waals surface area contributed by atoms with Crippen LogP contribution in [-0.4, -0.2) is 38.8 Å². The number of methoxy groups -OCH3 is 1. The van der Waals surface area contributed by atoms with Crippen molar-refractivity contribution in [1.29, 1.82) is 0 Å². The zero-order chi connectivity index (χ0) is 10.2. The molecule has 1 unspecified atom stereocenters. The molecule has 0 radical (unpaired) electrons. The van der Waals surface area contributed by atoms with Crippen molar-refractivity contribution in [3.63, 3.8) is 0 Å². The number of hydrogen-bond donors (Lipinski definition) is 2. The Hall–Kier alpha value is -0.610. The first-order valence-electron chi connectivity index (χ1n) is 5.34. The van der Waals surface area contributed by atoms with E-state index in [1.807, 2.05) is 0 Å². The number of carbonyl (C=O) groups excluding carboxylic acids is 1. The van der Waals surface area contributed by atoms with Crippen molar-refractivity contribution in [3.05, 3.63) is 0 Å². The average Bonchev–Trinajstić information content (AvgIpc) is 2.39. The van der Waals surface area contributed by atoms with Crippen molar-refractivity contribution in [2.75, 3.05) is 26.8 Å². The molecule has 1 heterocycles. The molecule has 0 aromatic carbocycles. The smallest absolute Gasteiger partial charge is 0.237 e. The third-order valence-electron chi connectivity index (χ3n) is 2.45. The van der Waals surface area contributed by atoms with Crippen molar-refractivity contribution in [3.8, 4) is 0 Å². The fourth-order valence-corrected chi connectivity index (χ4v) is 1.63. The topological polar surface area (TPSA) is 50.4 Å². The Bertz CT molecular complexity index is 174. The first kappa shape index (κ1) is 11.5. The van der Waals surface area contributed by atoms with Crippen LogP contribution in [-0.2, 0) is 9.53 Å². The van der Waals surface area contributed by atoms with Gasteiger partial charge in [0.15, 0.2) is 0 Å². The molecule has 1 fully saturated rings. The first-order valence-corrected chi connectivity index (χ1v) is 5.34. The fourth-order valence-electron chi connectivity index (χ4n) is 1.63. The van der Waals surface area contributed by atoms with E-state index in [-0.39, 0.29) is 11.9 Å². The molecule has 0 bridgehead atoms. The predicted molar refractivity (Wildman–Crippen MR) is 55.1 cm³/mol. The molecule has 0 aromatic rings. The minimum atomic E-state index is 0.00866. The second-order valence-corrected chi connectivity index (χ2v) is 3.64. The fraction of sp³-hybridized carbons (Fsp3) is 0.900. The second kappa shape index (κ2) is 6.79. The molecule has 1 aliphatic heterocycles. The van der Waals surface area contributed by atoms with Crippen LogP contribution in [0.15, 0.2) is 0 Å². The van der Waals surface area contributed by atoms with Crippen molar-refractivity contribution < 1.29 is 9.53 Å². The van der Waals surface area contributed by atoms with E-state index in [2.05, 4.69) is 10.6 Å². The van der Waals surface area contributed by atoms with Gasteiger partial charge in [-0.15, -0.1) is 0 Å². The summed E-state index contributed by atoms with van der Waals surface area (Å²) in [6.45, 7) is 2.43. The minimum Gasteiger partial charge on any atom is -0.385 e. The molecule has 0 spiro atoms. The zero-order valence-corrected chi connectivity index (χ0v) is 8.84. The van der Waals surface area contributed by atoms with Gasteiger partial charge in [0.2, 0.25) is 5.91 Å². The highest BCUT2D eigenvalue weighted by atomic mass is 16.5. The van der Waals surface area contributed by atoms with Crippen molar-refractivity contribution in [1.82, 2.24) is 10.6 Å². The van der Waals surface area contributed by atoms with E-state index in [1.165, 1.54) is 0 Å². The van der Waals surface area contributed by atoms with Crippen LogP contribution in [0.25, 0.3) is 0 Å². The lowest BCUT2D eigenvalue weighted by molar-refractivity contribution is -0.122. The molecule has 2 N–H and O–H groups in total. The molecule has 1 rings (SSSR count). The monoisotopic (exact) mass is 200 g/mol. The van der Waals surface area contributed by atoms with Gasteiger partial charge in [0.1, 0.15) is 0 Å². The summed E-state index contributed by atoms with van der Waals surface area (Å²) in [5, 5.41) is 6.16. The summed E-state index contributed by atoms with van der Waals surface area (Å²) in [7, 11) is 1.69. The molecule has 1 aliphatic rings. The molecule has 4 nitrogen and oxygen atoms in total. The summed E-state index contributed by atoms with van der Waals surface area (Å²) in [5.41, 5.74) is 0. The lowest BCUT2D eigenvalue weighted by atomic mass is 10.1.